The molecule has 3 N–H and O–H groups in total. The number of carbonyl (C=O) groups excluding carboxylic acids is 2. The van der Waals surface area contributed by atoms with E-state index < -0.39 is 0 Å². The van der Waals surface area contributed by atoms with Crippen LogP contribution in [0.4, 0.5) is 11.4 Å². The van der Waals surface area contributed by atoms with E-state index in [0.29, 0.717) is 24.3 Å². The van der Waals surface area contributed by atoms with Gasteiger partial charge < -0.3 is 15.8 Å². The highest BCUT2D eigenvalue weighted by Crippen LogP contribution is 2.34. The molecule has 1 amide bonds. The number of hydrogen-bond donors (Lipinski definition) is 2. The summed E-state index contributed by atoms with van der Waals surface area (Å²) in [7, 11) is 1.37. The van der Waals surface area contributed by atoms with Crippen molar-refractivity contribution in [3.8, 4) is 0 Å². The Morgan fingerprint density at radius 1 is 1.56 bits per heavy atom. The summed E-state index contributed by atoms with van der Waals surface area (Å²) >= 11 is 1.48. The molecule has 96 valence electrons. The number of nitrogens with one attached hydrogen (secondary N) is 1. The van der Waals surface area contributed by atoms with E-state index in [9.17, 15) is 9.59 Å². The Morgan fingerprint density at radius 2 is 2.33 bits per heavy atom. The fourth-order valence-corrected chi connectivity index (χ4v) is 2.66. The van der Waals surface area contributed by atoms with Crippen LogP contribution in [0.2, 0.25) is 0 Å². The van der Waals surface area contributed by atoms with Crippen LogP contribution in [0.15, 0.2) is 17.0 Å². The lowest BCUT2D eigenvalue weighted by Crippen LogP contribution is -2.03. The lowest BCUT2D eigenvalue weighted by Gasteiger charge is -2.08. The molecule has 0 aliphatic carbocycles. The van der Waals surface area contributed by atoms with E-state index in [0.717, 1.165) is 16.1 Å². The van der Waals surface area contributed by atoms with Crippen molar-refractivity contribution < 1.29 is 14.3 Å². The second kappa shape index (κ2) is 5.30. The summed E-state index contributed by atoms with van der Waals surface area (Å²) in [6, 6.07) is 3.67. The maximum Gasteiger partial charge on any atom is 0.306 e. The quantitative estimate of drug-likeness (QED) is 0.489. The minimum absolute atomic E-state index is 0.0129. The number of methoxy groups -OCH3 is 1. The van der Waals surface area contributed by atoms with Crippen molar-refractivity contribution in [3.63, 3.8) is 0 Å². The van der Waals surface area contributed by atoms with E-state index in [-0.39, 0.29) is 11.9 Å². The number of carbonyl (C=O) groups is 2. The van der Waals surface area contributed by atoms with Gasteiger partial charge in [-0.3, -0.25) is 9.59 Å². The number of esters is 1. The van der Waals surface area contributed by atoms with Crippen LogP contribution in [-0.2, 0) is 20.7 Å². The third kappa shape index (κ3) is 2.76. The molecule has 0 saturated heterocycles. The molecule has 0 unspecified atom stereocenters. The largest absolute Gasteiger partial charge is 0.469 e. The van der Waals surface area contributed by atoms with Gasteiger partial charge in [-0.15, -0.1) is 11.8 Å². The van der Waals surface area contributed by atoms with Crippen molar-refractivity contribution in [1.82, 2.24) is 0 Å². The number of anilines is 2. The minimum atomic E-state index is -0.240. The molecule has 0 aromatic heterocycles. The normalized spacial score (nSPS) is 13.1. The van der Waals surface area contributed by atoms with Gasteiger partial charge in [-0.05, 0) is 17.7 Å². The molecule has 0 spiro atoms. The summed E-state index contributed by atoms with van der Waals surface area (Å²) in [4.78, 5) is 23.1. The summed E-state index contributed by atoms with van der Waals surface area (Å²) in [5.74, 6) is 0.348. The van der Waals surface area contributed by atoms with Gasteiger partial charge in [0.25, 0.3) is 0 Å². The van der Waals surface area contributed by atoms with Gasteiger partial charge in [0.05, 0.1) is 20.0 Å². The first-order chi connectivity index (χ1) is 8.60. The maximum absolute atomic E-state index is 11.2. The van der Waals surface area contributed by atoms with Crippen LogP contribution < -0.4 is 11.1 Å². The first-order valence-electron chi connectivity index (χ1n) is 5.52. The fraction of sp³-hybridized carbons (Fsp3) is 0.333. The molecule has 0 bridgehead atoms. The van der Waals surface area contributed by atoms with E-state index in [1.807, 2.05) is 12.1 Å². The summed E-state index contributed by atoms with van der Waals surface area (Å²) in [5, 5.41) is 2.78. The van der Waals surface area contributed by atoms with Gasteiger partial charge >= 0.3 is 5.97 Å². The van der Waals surface area contributed by atoms with Gasteiger partial charge in [-0.1, -0.05) is 0 Å². The van der Waals surface area contributed by atoms with Crippen LogP contribution in [0, 0.1) is 0 Å². The van der Waals surface area contributed by atoms with Gasteiger partial charge in [-0.25, -0.2) is 0 Å². The monoisotopic (exact) mass is 266 g/mol. The first-order valence-corrected chi connectivity index (χ1v) is 6.50. The van der Waals surface area contributed by atoms with Gasteiger partial charge in [0.2, 0.25) is 5.91 Å². The van der Waals surface area contributed by atoms with Crippen LogP contribution in [0.1, 0.15) is 12.0 Å². The molecule has 6 heteroatoms. The molecule has 1 aliphatic heterocycles. The van der Waals surface area contributed by atoms with Gasteiger partial charge in [0.15, 0.2) is 0 Å². The van der Waals surface area contributed by atoms with Crippen molar-refractivity contribution in [1.29, 1.82) is 0 Å². The SMILES string of the molecule is COC(=O)CCSc1cc2c(cc1N)CC(=O)N2. The van der Waals surface area contributed by atoms with Crippen LogP contribution >= 0.6 is 11.8 Å². The average molecular weight is 266 g/mol. The van der Waals surface area contributed by atoms with Gasteiger partial charge in [-0.2, -0.15) is 0 Å². The second-order valence-electron chi connectivity index (χ2n) is 3.95. The third-order valence-electron chi connectivity index (χ3n) is 2.65. The standard InChI is InChI=1S/C12H14N2O3S/c1-17-12(16)2-3-18-10-6-9-7(4-8(10)13)5-11(15)14-9/h4,6H,2-3,5,13H2,1H3,(H,14,15). The summed E-state index contributed by atoms with van der Waals surface area (Å²) in [6.45, 7) is 0. The number of benzene rings is 1. The van der Waals surface area contributed by atoms with Crippen molar-refractivity contribution >= 4 is 35.0 Å². The van der Waals surface area contributed by atoms with Crippen LogP contribution in [0.3, 0.4) is 0 Å². The molecule has 2 rings (SSSR count). The molecule has 18 heavy (non-hydrogen) atoms. The molecule has 1 heterocycles. The molecule has 5 nitrogen and oxygen atoms in total. The number of thioether (sulfide) groups is 1. The number of nitrogens with two attached hydrogens (primary N) is 1. The molecular weight excluding hydrogens is 252 g/mol. The number of hydrogen-bond acceptors (Lipinski definition) is 5. The zero-order chi connectivity index (χ0) is 13.1. The van der Waals surface area contributed by atoms with Crippen molar-refractivity contribution in [2.45, 2.75) is 17.7 Å². The third-order valence-corrected chi connectivity index (χ3v) is 3.72. The van der Waals surface area contributed by atoms with Crippen LogP contribution in [0.5, 0.6) is 0 Å². The van der Waals surface area contributed by atoms with Crippen molar-refractivity contribution in [2.75, 3.05) is 23.9 Å². The molecule has 0 radical (unpaired) electrons. The first kappa shape index (κ1) is 12.8. The fourth-order valence-electron chi connectivity index (χ4n) is 1.75. The van der Waals surface area contributed by atoms with E-state index in [4.69, 9.17) is 5.73 Å². The maximum atomic E-state index is 11.2. The molecule has 0 atom stereocenters. The molecule has 0 saturated carbocycles. The molecule has 1 aromatic carbocycles. The second-order valence-corrected chi connectivity index (χ2v) is 5.08. The Kier molecular flexibility index (Phi) is 3.76. The van der Waals surface area contributed by atoms with Crippen LogP contribution in [0.25, 0.3) is 0 Å². The van der Waals surface area contributed by atoms with E-state index in [1.165, 1.54) is 18.9 Å². The highest BCUT2D eigenvalue weighted by Gasteiger charge is 2.19. The van der Waals surface area contributed by atoms with E-state index >= 15 is 0 Å². The number of fused-ring (bicyclic) bond motifs is 1. The van der Waals surface area contributed by atoms with Crippen molar-refractivity contribution in [3.05, 3.63) is 17.7 Å². The van der Waals surface area contributed by atoms with E-state index in [2.05, 4.69) is 10.1 Å². The van der Waals surface area contributed by atoms with Crippen LogP contribution in [-0.4, -0.2) is 24.7 Å². The molecule has 0 fully saturated rings. The Labute approximate surface area is 109 Å². The van der Waals surface area contributed by atoms with Crippen molar-refractivity contribution in [2.24, 2.45) is 0 Å². The lowest BCUT2D eigenvalue weighted by molar-refractivity contribution is -0.140. The highest BCUT2D eigenvalue weighted by molar-refractivity contribution is 7.99. The number of rotatable bonds is 4. The average Bonchev–Trinajstić information content (AvgIpc) is 2.68. The Hall–Kier alpha value is -1.69. The zero-order valence-electron chi connectivity index (χ0n) is 9.99. The lowest BCUT2D eigenvalue weighted by atomic mass is 10.1. The number of ether oxygens (including phenoxy) is 1. The Morgan fingerprint density at radius 3 is 3.06 bits per heavy atom. The van der Waals surface area contributed by atoms with E-state index in [1.54, 1.807) is 0 Å². The predicted octanol–water partition coefficient (Wildman–Crippen LogP) is 1.42. The summed E-state index contributed by atoms with van der Waals surface area (Å²) < 4.78 is 4.57. The zero-order valence-corrected chi connectivity index (χ0v) is 10.8. The minimum Gasteiger partial charge on any atom is -0.469 e. The smallest absolute Gasteiger partial charge is 0.306 e. The molecule has 1 aliphatic rings. The number of nitrogen functional groups attached to an aromatic ring is 1. The Bertz CT molecular complexity index is 502. The summed E-state index contributed by atoms with van der Waals surface area (Å²) in [6.07, 6.45) is 0.719. The summed E-state index contributed by atoms with van der Waals surface area (Å²) in [5.41, 5.74) is 8.29. The molecule has 1 aromatic rings. The molecular formula is C12H14N2O3S. The predicted molar refractivity (Wildman–Crippen MR) is 70.5 cm³/mol. The van der Waals surface area contributed by atoms with Gasteiger partial charge in [0, 0.05) is 22.0 Å². The van der Waals surface area contributed by atoms with Gasteiger partial charge in [0.1, 0.15) is 0 Å². The highest BCUT2D eigenvalue weighted by atomic mass is 32.2. The number of amides is 1. The topological polar surface area (TPSA) is 81.4 Å². The Balaban J connectivity index is 2.03.